The summed E-state index contributed by atoms with van der Waals surface area (Å²) >= 11 is 0. The van der Waals surface area contributed by atoms with Gasteiger partial charge in [-0.2, -0.15) is 0 Å². The fourth-order valence-corrected chi connectivity index (χ4v) is 1.83. The number of furan rings is 1. The highest BCUT2D eigenvalue weighted by Gasteiger charge is 2.31. The molecule has 1 aliphatic carbocycles. The van der Waals surface area contributed by atoms with E-state index in [2.05, 4.69) is 13.8 Å². The summed E-state index contributed by atoms with van der Waals surface area (Å²) in [5.41, 5.74) is 0. The maximum atomic E-state index is 12.1. The average Bonchev–Trinajstić information content (AvgIpc) is 2.99. The first-order valence-electron chi connectivity index (χ1n) is 6.19. The van der Waals surface area contributed by atoms with Gasteiger partial charge in [-0.05, 0) is 37.0 Å². The zero-order valence-corrected chi connectivity index (χ0v) is 10.4. The van der Waals surface area contributed by atoms with Crippen molar-refractivity contribution < 1.29 is 9.21 Å². The van der Waals surface area contributed by atoms with E-state index in [4.69, 9.17) is 4.42 Å². The van der Waals surface area contributed by atoms with Crippen LogP contribution in [-0.2, 0) is 4.79 Å². The van der Waals surface area contributed by atoms with Gasteiger partial charge in [0.05, 0.1) is 6.26 Å². The Balaban J connectivity index is 1.96. The van der Waals surface area contributed by atoms with E-state index in [1.807, 2.05) is 17.0 Å². The third-order valence-electron chi connectivity index (χ3n) is 2.77. The van der Waals surface area contributed by atoms with Crippen LogP contribution in [0.15, 0.2) is 28.9 Å². The molecule has 0 bridgehead atoms. The second kappa shape index (κ2) is 5.21. The molecule has 1 saturated carbocycles. The standard InChI is InChI=1S/C14H19NO2/c1-11(2)10-15(12-5-6-12)14(16)8-7-13-4-3-9-17-13/h3-4,7-9,11-12H,5-6,10H2,1-2H3/b8-7+. The third-order valence-corrected chi connectivity index (χ3v) is 2.77. The summed E-state index contributed by atoms with van der Waals surface area (Å²) in [6, 6.07) is 4.12. The number of nitrogens with zero attached hydrogens (tertiary/aromatic N) is 1. The molecule has 0 radical (unpaired) electrons. The van der Waals surface area contributed by atoms with E-state index in [1.165, 1.54) is 0 Å². The van der Waals surface area contributed by atoms with E-state index in [-0.39, 0.29) is 5.91 Å². The normalized spacial score (nSPS) is 15.7. The van der Waals surface area contributed by atoms with E-state index in [9.17, 15) is 4.79 Å². The number of rotatable bonds is 5. The van der Waals surface area contributed by atoms with Gasteiger partial charge in [-0.1, -0.05) is 13.8 Å². The first kappa shape index (κ1) is 12.0. The molecule has 0 N–H and O–H groups in total. The average molecular weight is 233 g/mol. The lowest BCUT2D eigenvalue weighted by Gasteiger charge is -2.22. The largest absolute Gasteiger partial charge is 0.465 e. The minimum Gasteiger partial charge on any atom is -0.465 e. The van der Waals surface area contributed by atoms with E-state index in [1.54, 1.807) is 18.4 Å². The summed E-state index contributed by atoms with van der Waals surface area (Å²) in [6.45, 7) is 5.11. The Hall–Kier alpha value is -1.51. The molecule has 1 aliphatic rings. The molecule has 1 fully saturated rings. The van der Waals surface area contributed by atoms with Gasteiger partial charge in [0.25, 0.3) is 0 Å². The summed E-state index contributed by atoms with van der Waals surface area (Å²) in [5, 5.41) is 0. The van der Waals surface area contributed by atoms with Gasteiger partial charge >= 0.3 is 0 Å². The van der Waals surface area contributed by atoms with Crippen LogP contribution in [0.4, 0.5) is 0 Å². The molecule has 0 atom stereocenters. The lowest BCUT2D eigenvalue weighted by Crippen LogP contribution is -2.34. The van der Waals surface area contributed by atoms with Crippen LogP contribution in [-0.4, -0.2) is 23.4 Å². The van der Waals surface area contributed by atoms with Gasteiger partial charge in [0.2, 0.25) is 5.91 Å². The quantitative estimate of drug-likeness (QED) is 0.733. The van der Waals surface area contributed by atoms with Gasteiger partial charge in [-0.15, -0.1) is 0 Å². The van der Waals surface area contributed by atoms with Crippen molar-refractivity contribution in [3.63, 3.8) is 0 Å². The Morgan fingerprint density at radius 2 is 2.35 bits per heavy atom. The van der Waals surface area contributed by atoms with E-state index >= 15 is 0 Å². The molecule has 1 aromatic rings. The van der Waals surface area contributed by atoms with Crippen LogP contribution in [0.3, 0.4) is 0 Å². The monoisotopic (exact) mass is 233 g/mol. The molecule has 0 aliphatic heterocycles. The zero-order valence-electron chi connectivity index (χ0n) is 10.4. The predicted molar refractivity (Wildman–Crippen MR) is 67.3 cm³/mol. The SMILES string of the molecule is CC(C)CN(C(=O)/C=C/c1ccco1)C1CC1. The summed E-state index contributed by atoms with van der Waals surface area (Å²) in [5.74, 6) is 1.33. The molecule has 92 valence electrons. The maximum absolute atomic E-state index is 12.1. The third kappa shape index (κ3) is 3.48. The minimum absolute atomic E-state index is 0.0950. The van der Waals surface area contributed by atoms with Gasteiger partial charge in [0, 0.05) is 18.7 Å². The van der Waals surface area contributed by atoms with Gasteiger partial charge < -0.3 is 9.32 Å². The molecule has 1 heterocycles. The van der Waals surface area contributed by atoms with Crippen molar-refractivity contribution in [1.82, 2.24) is 4.90 Å². The van der Waals surface area contributed by atoms with Crippen LogP contribution in [0, 0.1) is 5.92 Å². The molecular formula is C14H19NO2. The fraction of sp³-hybridized carbons (Fsp3) is 0.500. The highest BCUT2D eigenvalue weighted by molar-refractivity contribution is 5.91. The fourth-order valence-electron chi connectivity index (χ4n) is 1.83. The van der Waals surface area contributed by atoms with Crippen LogP contribution in [0.1, 0.15) is 32.4 Å². The van der Waals surface area contributed by atoms with Crippen molar-refractivity contribution in [3.8, 4) is 0 Å². The van der Waals surface area contributed by atoms with Crippen molar-refractivity contribution >= 4 is 12.0 Å². The van der Waals surface area contributed by atoms with Crippen molar-refractivity contribution in [3.05, 3.63) is 30.2 Å². The van der Waals surface area contributed by atoms with Crippen LogP contribution in [0.2, 0.25) is 0 Å². The Bertz CT molecular complexity index is 388. The van der Waals surface area contributed by atoms with Crippen LogP contribution >= 0.6 is 0 Å². The van der Waals surface area contributed by atoms with Crippen molar-refractivity contribution in [2.75, 3.05) is 6.54 Å². The molecule has 0 aromatic carbocycles. The molecule has 17 heavy (non-hydrogen) atoms. The zero-order chi connectivity index (χ0) is 12.3. The van der Waals surface area contributed by atoms with Gasteiger partial charge in [0.1, 0.15) is 5.76 Å². The van der Waals surface area contributed by atoms with Crippen molar-refractivity contribution in [1.29, 1.82) is 0 Å². The predicted octanol–water partition coefficient (Wildman–Crippen LogP) is 2.94. The van der Waals surface area contributed by atoms with Crippen LogP contribution < -0.4 is 0 Å². The number of hydrogen-bond acceptors (Lipinski definition) is 2. The molecule has 1 aromatic heterocycles. The molecule has 3 nitrogen and oxygen atoms in total. The van der Waals surface area contributed by atoms with Gasteiger partial charge in [-0.25, -0.2) is 0 Å². The number of carbonyl (C=O) groups is 1. The second-order valence-electron chi connectivity index (χ2n) is 4.96. The van der Waals surface area contributed by atoms with Gasteiger partial charge in [-0.3, -0.25) is 4.79 Å². The smallest absolute Gasteiger partial charge is 0.246 e. The molecule has 0 spiro atoms. The topological polar surface area (TPSA) is 33.5 Å². The molecule has 0 unspecified atom stereocenters. The molecular weight excluding hydrogens is 214 g/mol. The highest BCUT2D eigenvalue weighted by atomic mass is 16.3. The van der Waals surface area contributed by atoms with E-state index < -0.39 is 0 Å². The Morgan fingerprint density at radius 3 is 2.88 bits per heavy atom. The van der Waals surface area contributed by atoms with E-state index in [0.29, 0.717) is 12.0 Å². The molecule has 2 rings (SSSR count). The van der Waals surface area contributed by atoms with E-state index in [0.717, 1.165) is 25.1 Å². The van der Waals surface area contributed by atoms with Gasteiger partial charge in [0.15, 0.2) is 0 Å². The maximum Gasteiger partial charge on any atom is 0.246 e. The van der Waals surface area contributed by atoms with Crippen LogP contribution in [0.5, 0.6) is 0 Å². The number of amides is 1. The molecule has 0 saturated heterocycles. The highest BCUT2D eigenvalue weighted by Crippen LogP contribution is 2.27. The second-order valence-corrected chi connectivity index (χ2v) is 4.96. The molecule has 1 amide bonds. The minimum atomic E-state index is 0.0950. The van der Waals surface area contributed by atoms with Crippen LogP contribution in [0.25, 0.3) is 6.08 Å². The number of hydrogen-bond donors (Lipinski definition) is 0. The Labute approximate surface area is 102 Å². The number of carbonyl (C=O) groups excluding carboxylic acids is 1. The lowest BCUT2D eigenvalue weighted by molar-refractivity contribution is -0.127. The first-order valence-corrected chi connectivity index (χ1v) is 6.19. The summed E-state index contributed by atoms with van der Waals surface area (Å²) < 4.78 is 5.16. The van der Waals surface area contributed by atoms with Crippen molar-refractivity contribution in [2.24, 2.45) is 5.92 Å². The Kier molecular flexibility index (Phi) is 3.67. The summed E-state index contributed by atoms with van der Waals surface area (Å²) in [6.07, 6.45) is 7.24. The van der Waals surface area contributed by atoms with Crippen molar-refractivity contribution in [2.45, 2.75) is 32.7 Å². The Morgan fingerprint density at radius 1 is 1.59 bits per heavy atom. The summed E-state index contributed by atoms with van der Waals surface area (Å²) in [7, 11) is 0. The first-order chi connectivity index (χ1) is 8.16. The summed E-state index contributed by atoms with van der Waals surface area (Å²) in [4.78, 5) is 14.0. The lowest BCUT2D eigenvalue weighted by atomic mass is 10.2. The molecule has 3 heteroatoms.